The summed E-state index contributed by atoms with van der Waals surface area (Å²) in [6.07, 6.45) is 5.23. The number of benzene rings is 1. The van der Waals surface area contributed by atoms with E-state index in [9.17, 15) is 13.2 Å². The number of para-hydroxylation sites is 1. The number of anilines is 1. The molecule has 1 aromatic carbocycles. The number of rotatable bonds is 8. The number of amides is 1. The highest BCUT2D eigenvalue weighted by molar-refractivity contribution is 7.85. The largest absolute Gasteiger partial charge is 0.495 e. The average molecular weight is 382 g/mol. The molecule has 1 heterocycles. The average Bonchev–Trinajstić information content (AvgIpc) is 2.87. The molecule has 0 fully saturated rings. The van der Waals surface area contributed by atoms with Gasteiger partial charge in [0.15, 0.2) is 0 Å². The molecule has 0 bridgehead atoms. The summed E-state index contributed by atoms with van der Waals surface area (Å²) in [6.45, 7) is 9.95. The van der Waals surface area contributed by atoms with Crippen LogP contribution < -0.4 is 10.1 Å². The zero-order valence-corrected chi connectivity index (χ0v) is 16.0. The molecule has 0 saturated heterocycles. The third-order valence-corrected chi connectivity index (χ3v) is 3.73. The molecule has 8 heteroatoms. The first-order valence-electron chi connectivity index (χ1n) is 8.05. The summed E-state index contributed by atoms with van der Waals surface area (Å²) in [4.78, 5) is 14.4. The Kier molecular flexibility index (Phi) is 8.50. The number of ether oxygens (including phenoxy) is 1. The first-order valence-corrected chi connectivity index (χ1v) is 9.90. The van der Waals surface area contributed by atoms with Gasteiger partial charge in [-0.2, -0.15) is 8.42 Å². The molecule has 1 aliphatic heterocycles. The molecule has 26 heavy (non-hydrogen) atoms. The monoisotopic (exact) mass is 382 g/mol. The van der Waals surface area contributed by atoms with Crippen LogP contribution in [0.2, 0.25) is 0 Å². The zero-order valence-electron chi connectivity index (χ0n) is 15.1. The first kappa shape index (κ1) is 21.9. The predicted octanol–water partition coefficient (Wildman–Crippen LogP) is 2.30. The van der Waals surface area contributed by atoms with Crippen LogP contribution in [0.5, 0.6) is 5.75 Å². The maximum absolute atomic E-state index is 12.2. The fourth-order valence-electron chi connectivity index (χ4n) is 2.71. The van der Waals surface area contributed by atoms with Crippen LogP contribution in [0.1, 0.15) is 17.9 Å². The van der Waals surface area contributed by atoms with Gasteiger partial charge in [0.25, 0.3) is 10.1 Å². The number of hydrogen-bond donors (Lipinski definition) is 2. The Hall–Kier alpha value is -2.16. The standard InChI is InChI=1S/C17H22N2O2.CH4O3S/c1-4-10-19(11-5-2)12-9-14-13-7-6-8-15(21-3)16(13)18-17(14)20;1-5(2,3)4/h4-8,14H,1-2,9-12H2,3H3,(H,18,20);1H3,(H,2,3,4). The highest BCUT2D eigenvalue weighted by Crippen LogP contribution is 2.40. The molecule has 0 saturated carbocycles. The lowest BCUT2D eigenvalue weighted by Gasteiger charge is -2.20. The number of nitrogens with zero attached hydrogens (tertiary/aromatic N) is 1. The quantitative estimate of drug-likeness (QED) is 0.529. The van der Waals surface area contributed by atoms with Crippen molar-refractivity contribution in [2.24, 2.45) is 0 Å². The van der Waals surface area contributed by atoms with Crippen molar-refractivity contribution in [2.45, 2.75) is 12.3 Å². The van der Waals surface area contributed by atoms with Gasteiger partial charge in [0, 0.05) is 13.1 Å². The highest BCUT2D eigenvalue weighted by atomic mass is 32.2. The van der Waals surface area contributed by atoms with Gasteiger partial charge >= 0.3 is 0 Å². The van der Waals surface area contributed by atoms with Crippen LogP contribution in [0, 0.1) is 0 Å². The number of nitrogens with one attached hydrogen (secondary N) is 1. The van der Waals surface area contributed by atoms with Gasteiger partial charge in [-0.3, -0.25) is 14.2 Å². The minimum atomic E-state index is -3.67. The van der Waals surface area contributed by atoms with Crippen molar-refractivity contribution in [3.63, 3.8) is 0 Å². The van der Waals surface area contributed by atoms with E-state index in [-0.39, 0.29) is 11.8 Å². The van der Waals surface area contributed by atoms with Crippen molar-refractivity contribution in [1.29, 1.82) is 0 Å². The van der Waals surface area contributed by atoms with E-state index in [0.29, 0.717) is 6.26 Å². The first-order chi connectivity index (χ1) is 12.2. The van der Waals surface area contributed by atoms with Crippen molar-refractivity contribution >= 4 is 21.7 Å². The molecule has 1 amide bonds. The Morgan fingerprint density at radius 2 is 1.88 bits per heavy atom. The molecule has 0 radical (unpaired) electrons. The molecule has 1 unspecified atom stereocenters. The van der Waals surface area contributed by atoms with Crippen LogP contribution in [0.4, 0.5) is 5.69 Å². The van der Waals surface area contributed by atoms with E-state index >= 15 is 0 Å². The molecule has 0 aromatic heterocycles. The molecule has 144 valence electrons. The fraction of sp³-hybridized carbons (Fsp3) is 0.389. The van der Waals surface area contributed by atoms with Gasteiger partial charge in [0.2, 0.25) is 5.91 Å². The summed E-state index contributed by atoms with van der Waals surface area (Å²) in [5, 5.41) is 2.93. The topological polar surface area (TPSA) is 95.9 Å². The molecule has 2 N–H and O–H groups in total. The smallest absolute Gasteiger partial charge is 0.261 e. The van der Waals surface area contributed by atoms with E-state index in [4.69, 9.17) is 9.29 Å². The number of hydrogen-bond acceptors (Lipinski definition) is 5. The Morgan fingerprint density at radius 3 is 2.38 bits per heavy atom. The van der Waals surface area contributed by atoms with Crippen molar-refractivity contribution in [3.8, 4) is 5.75 Å². The lowest BCUT2D eigenvalue weighted by molar-refractivity contribution is -0.117. The van der Waals surface area contributed by atoms with Crippen molar-refractivity contribution in [1.82, 2.24) is 4.90 Å². The summed E-state index contributed by atoms with van der Waals surface area (Å²) in [6, 6.07) is 5.78. The van der Waals surface area contributed by atoms with Gasteiger partial charge in [0.1, 0.15) is 5.75 Å². The Morgan fingerprint density at radius 1 is 1.31 bits per heavy atom. The number of methoxy groups -OCH3 is 1. The highest BCUT2D eigenvalue weighted by Gasteiger charge is 2.32. The van der Waals surface area contributed by atoms with E-state index in [1.165, 1.54) is 0 Å². The maximum atomic E-state index is 12.2. The van der Waals surface area contributed by atoms with Crippen LogP contribution in [-0.4, -0.2) is 56.8 Å². The molecule has 2 rings (SSSR count). The van der Waals surface area contributed by atoms with E-state index in [1.807, 2.05) is 30.4 Å². The van der Waals surface area contributed by atoms with E-state index in [0.717, 1.165) is 43.1 Å². The number of carbonyl (C=O) groups excluding carboxylic acids is 1. The minimum Gasteiger partial charge on any atom is -0.495 e. The second-order valence-corrected chi connectivity index (χ2v) is 7.29. The molecular formula is C18H26N2O5S. The lowest BCUT2D eigenvalue weighted by Crippen LogP contribution is -2.27. The summed E-state index contributed by atoms with van der Waals surface area (Å²) in [5.41, 5.74) is 1.84. The maximum Gasteiger partial charge on any atom is 0.261 e. The second-order valence-electron chi connectivity index (χ2n) is 5.82. The number of carbonyl (C=O) groups is 1. The summed E-state index contributed by atoms with van der Waals surface area (Å²) < 4.78 is 31.2. The van der Waals surface area contributed by atoms with Crippen molar-refractivity contribution < 1.29 is 22.5 Å². The fourth-order valence-corrected chi connectivity index (χ4v) is 2.71. The van der Waals surface area contributed by atoms with Gasteiger partial charge < -0.3 is 10.1 Å². The molecule has 1 atom stereocenters. The SMILES string of the molecule is C=CCN(CC=C)CCC1C(=O)Nc2c(OC)cccc21.CS(=O)(=O)O. The van der Waals surface area contributed by atoms with Crippen molar-refractivity contribution in [3.05, 3.63) is 49.1 Å². The van der Waals surface area contributed by atoms with Crippen LogP contribution in [0.3, 0.4) is 0 Å². The Labute approximate surface area is 155 Å². The number of fused-ring (bicyclic) bond motifs is 1. The summed E-state index contributed by atoms with van der Waals surface area (Å²) in [5.74, 6) is 0.649. The molecular weight excluding hydrogens is 356 g/mol. The molecule has 0 aliphatic carbocycles. The summed E-state index contributed by atoms with van der Waals surface area (Å²) in [7, 11) is -2.05. The van der Waals surface area contributed by atoms with Crippen molar-refractivity contribution in [2.75, 3.05) is 38.3 Å². The molecule has 0 spiro atoms. The van der Waals surface area contributed by atoms with Gasteiger partial charge in [0.05, 0.1) is 25.0 Å². The third-order valence-electron chi connectivity index (χ3n) is 3.73. The van der Waals surface area contributed by atoms with E-state index < -0.39 is 10.1 Å². The van der Waals surface area contributed by atoms with Crippen LogP contribution in [0.15, 0.2) is 43.5 Å². The molecule has 1 aromatic rings. The van der Waals surface area contributed by atoms with Gasteiger partial charge in [-0.05, 0) is 24.6 Å². The lowest BCUT2D eigenvalue weighted by atomic mass is 9.96. The molecule has 1 aliphatic rings. The second kappa shape index (κ2) is 10.1. The summed E-state index contributed by atoms with van der Waals surface area (Å²) >= 11 is 0. The third kappa shape index (κ3) is 6.99. The normalized spacial score (nSPS) is 15.5. The van der Waals surface area contributed by atoms with Crippen LogP contribution in [0.25, 0.3) is 0 Å². The van der Waals surface area contributed by atoms with E-state index in [2.05, 4.69) is 23.4 Å². The van der Waals surface area contributed by atoms with Gasteiger partial charge in [-0.25, -0.2) is 0 Å². The van der Waals surface area contributed by atoms with Gasteiger partial charge in [-0.15, -0.1) is 13.2 Å². The zero-order chi connectivity index (χ0) is 19.7. The van der Waals surface area contributed by atoms with Gasteiger partial charge in [-0.1, -0.05) is 24.3 Å². The molecule has 7 nitrogen and oxygen atoms in total. The predicted molar refractivity (Wildman–Crippen MR) is 103 cm³/mol. The van der Waals surface area contributed by atoms with E-state index in [1.54, 1.807) is 7.11 Å². The van der Waals surface area contributed by atoms with Crippen LogP contribution in [-0.2, 0) is 14.9 Å². The Balaban J connectivity index is 0.000000597. The Bertz CT molecular complexity index is 728. The minimum absolute atomic E-state index is 0.0478. The van der Waals surface area contributed by atoms with Crippen LogP contribution >= 0.6 is 0 Å².